The van der Waals surface area contributed by atoms with Crippen molar-refractivity contribution in [2.75, 3.05) is 11.5 Å². The van der Waals surface area contributed by atoms with E-state index in [1.165, 1.54) is 0 Å². The molecule has 3 rings (SSSR count). The molecule has 0 radical (unpaired) electrons. The summed E-state index contributed by atoms with van der Waals surface area (Å²) in [6, 6.07) is 10.1. The third-order valence-corrected chi connectivity index (χ3v) is 5.63. The number of carbonyl (C=O) groups excluding carboxylic acids is 3. The van der Waals surface area contributed by atoms with Gasteiger partial charge >= 0.3 is 12.1 Å². The molecule has 9 heteroatoms. The second-order valence-electron chi connectivity index (χ2n) is 9.36. The van der Waals surface area contributed by atoms with Crippen molar-refractivity contribution in [1.82, 2.24) is 0 Å². The van der Waals surface area contributed by atoms with E-state index in [0.717, 1.165) is 9.37 Å². The van der Waals surface area contributed by atoms with Crippen LogP contribution in [-0.4, -0.2) is 35.8 Å². The summed E-state index contributed by atoms with van der Waals surface area (Å²) in [5.74, 6) is -0.723. The predicted molar refractivity (Wildman–Crippen MR) is 139 cm³/mol. The molecule has 7 nitrogen and oxygen atoms in total. The summed E-state index contributed by atoms with van der Waals surface area (Å²) >= 11 is 9.62. The monoisotopic (exact) mass is 563 g/mol. The molecule has 0 saturated carbocycles. The van der Waals surface area contributed by atoms with E-state index < -0.39 is 29.2 Å². The van der Waals surface area contributed by atoms with Crippen LogP contribution in [-0.2, 0) is 19.1 Å². The zero-order valence-electron chi connectivity index (χ0n) is 20.4. The van der Waals surface area contributed by atoms with Crippen LogP contribution < -0.4 is 9.64 Å². The summed E-state index contributed by atoms with van der Waals surface area (Å²) in [7, 11) is 0. The van der Waals surface area contributed by atoms with Crippen LogP contribution in [0.25, 0.3) is 11.6 Å². The van der Waals surface area contributed by atoms with Crippen LogP contribution in [0.4, 0.5) is 10.5 Å². The standard InChI is InChI=1S/C26H27BrClNO6/c1-7-33-23(31)26(5,6)34-21-11-8-16(27)12-15(21)13-19-18-10-9-17(28)14-20(18)29(22(19)30)24(32)35-25(2,3)4/h8-14H,7H2,1-6H3/b19-13+. The van der Waals surface area contributed by atoms with Crippen molar-refractivity contribution in [3.05, 3.63) is 57.0 Å². The van der Waals surface area contributed by atoms with Gasteiger partial charge in [0.1, 0.15) is 11.4 Å². The number of nitrogens with zero attached hydrogens (tertiary/aromatic N) is 1. The molecular weight excluding hydrogens is 538 g/mol. The Morgan fingerprint density at radius 2 is 1.77 bits per heavy atom. The van der Waals surface area contributed by atoms with Crippen molar-refractivity contribution in [3.8, 4) is 5.75 Å². The summed E-state index contributed by atoms with van der Waals surface area (Å²) in [6.07, 6.45) is 0.810. The fourth-order valence-electron chi connectivity index (χ4n) is 3.39. The van der Waals surface area contributed by atoms with Crippen LogP contribution in [0.5, 0.6) is 5.75 Å². The lowest BCUT2D eigenvalue weighted by Crippen LogP contribution is -2.40. The average Bonchev–Trinajstić information content (AvgIpc) is 2.99. The first kappa shape index (κ1) is 26.8. The highest BCUT2D eigenvalue weighted by Crippen LogP contribution is 2.41. The van der Waals surface area contributed by atoms with Gasteiger partial charge in [0.2, 0.25) is 0 Å². The molecule has 0 bridgehead atoms. The SMILES string of the molecule is CCOC(=O)C(C)(C)Oc1ccc(Br)cc1/C=C1/C(=O)N(C(=O)OC(C)(C)C)c2cc(Cl)ccc21. The van der Waals surface area contributed by atoms with Crippen molar-refractivity contribution < 1.29 is 28.6 Å². The van der Waals surface area contributed by atoms with Gasteiger partial charge in [0.25, 0.3) is 5.91 Å². The number of ether oxygens (including phenoxy) is 3. The summed E-state index contributed by atoms with van der Waals surface area (Å²) in [5.41, 5.74) is -0.461. The van der Waals surface area contributed by atoms with Gasteiger partial charge in [0.15, 0.2) is 5.60 Å². The number of imide groups is 1. The van der Waals surface area contributed by atoms with E-state index in [-0.39, 0.29) is 12.2 Å². The Hall–Kier alpha value is -2.84. The lowest BCUT2D eigenvalue weighted by Gasteiger charge is -2.25. The number of hydrogen-bond acceptors (Lipinski definition) is 6. The van der Waals surface area contributed by atoms with Gasteiger partial charge in [-0.05, 0) is 78.0 Å². The predicted octanol–water partition coefficient (Wildman–Crippen LogP) is 6.65. The maximum absolute atomic E-state index is 13.5. The van der Waals surface area contributed by atoms with Crippen LogP contribution in [0.2, 0.25) is 5.02 Å². The smallest absolute Gasteiger partial charge is 0.422 e. The van der Waals surface area contributed by atoms with Crippen molar-refractivity contribution in [2.45, 2.75) is 52.7 Å². The Kier molecular flexibility index (Phi) is 7.67. The highest BCUT2D eigenvalue weighted by atomic mass is 79.9. The average molecular weight is 565 g/mol. The van der Waals surface area contributed by atoms with E-state index in [2.05, 4.69) is 15.9 Å². The lowest BCUT2D eigenvalue weighted by molar-refractivity contribution is -0.158. The minimum atomic E-state index is -1.27. The number of benzene rings is 2. The molecule has 2 aromatic rings. The van der Waals surface area contributed by atoms with E-state index in [4.69, 9.17) is 25.8 Å². The molecule has 1 heterocycles. The highest BCUT2D eigenvalue weighted by Gasteiger charge is 2.39. The molecule has 0 N–H and O–H groups in total. The molecule has 0 spiro atoms. The molecule has 186 valence electrons. The third kappa shape index (κ3) is 6.05. The molecule has 2 aromatic carbocycles. The maximum atomic E-state index is 13.5. The highest BCUT2D eigenvalue weighted by molar-refractivity contribution is 9.10. The van der Waals surface area contributed by atoms with Crippen molar-refractivity contribution in [1.29, 1.82) is 0 Å². The van der Waals surface area contributed by atoms with Crippen molar-refractivity contribution in [3.63, 3.8) is 0 Å². The number of esters is 1. The molecule has 2 amide bonds. The topological polar surface area (TPSA) is 82.1 Å². The van der Waals surface area contributed by atoms with Gasteiger partial charge in [-0.1, -0.05) is 33.6 Å². The molecule has 0 aromatic heterocycles. The minimum absolute atomic E-state index is 0.219. The van der Waals surface area contributed by atoms with Crippen molar-refractivity contribution in [2.24, 2.45) is 0 Å². The van der Waals surface area contributed by atoms with Crippen LogP contribution in [0.1, 0.15) is 52.7 Å². The summed E-state index contributed by atoms with van der Waals surface area (Å²) in [4.78, 5) is 39.7. The minimum Gasteiger partial charge on any atom is -0.476 e. The molecule has 0 unspecified atom stereocenters. The third-order valence-electron chi connectivity index (χ3n) is 4.90. The molecule has 1 aliphatic heterocycles. The van der Waals surface area contributed by atoms with E-state index in [9.17, 15) is 14.4 Å². The number of hydrogen-bond donors (Lipinski definition) is 0. The number of amides is 2. The van der Waals surface area contributed by atoms with Crippen LogP contribution in [0.15, 0.2) is 40.9 Å². The molecule has 1 aliphatic rings. The number of halogens is 2. The van der Waals surface area contributed by atoms with E-state index >= 15 is 0 Å². The van der Waals surface area contributed by atoms with E-state index in [1.807, 2.05) is 0 Å². The molecule has 35 heavy (non-hydrogen) atoms. The van der Waals surface area contributed by atoms with Gasteiger partial charge in [-0.2, -0.15) is 0 Å². The van der Waals surface area contributed by atoms with Crippen molar-refractivity contribution >= 4 is 62.8 Å². The fourth-order valence-corrected chi connectivity index (χ4v) is 3.94. The summed E-state index contributed by atoms with van der Waals surface area (Å²) in [5, 5.41) is 0.369. The van der Waals surface area contributed by atoms with E-state index in [1.54, 1.807) is 84.0 Å². The molecule has 0 atom stereocenters. The second-order valence-corrected chi connectivity index (χ2v) is 10.7. The zero-order valence-corrected chi connectivity index (χ0v) is 22.7. The van der Waals surface area contributed by atoms with Crippen LogP contribution >= 0.6 is 27.5 Å². The maximum Gasteiger partial charge on any atom is 0.422 e. The number of fused-ring (bicyclic) bond motifs is 1. The van der Waals surface area contributed by atoms with Crippen LogP contribution in [0.3, 0.4) is 0 Å². The quantitative estimate of drug-likeness (QED) is 0.299. The first-order chi connectivity index (χ1) is 16.2. The molecular formula is C26H27BrClNO6. The van der Waals surface area contributed by atoms with Gasteiger partial charge in [0, 0.05) is 20.6 Å². The Balaban J connectivity index is 2.10. The van der Waals surface area contributed by atoms with Crippen LogP contribution in [0, 0.1) is 0 Å². The Morgan fingerprint density at radius 3 is 2.40 bits per heavy atom. The fraction of sp³-hybridized carbons (Fsp3) is 0.346. The molecule has 0 aliphatic carbocycles. The number of anilines is 1. The van der Waals surface area contributed by atoms with E-state index in [0.29, 0.717) is 27.6 Å². The van der Waals surface area contributed by atoms with Gasteiger partial charge in [-0.3, -0.25) is 4.79 Å². The Bertz CT molecular complexity index is 1210. The summed E-state index contributed by atoms with van der Waals surface area (Å²) < 4.78 is 17.3. The van der Waals surface area contributed by atoms with Gasteiger partial charge < -0.3 is 14.2 Å². The largest absolute Gasteiger partial charge is 0.476 e. The summed E-state index contributed by atoms with van der Waals surface area (Å²) in [6.45, 7) is 10.3. The van der Waals surface area contributed by atoms with Gasteiger partial charge in [-0.15, -0.1) is 0 Å². The van der Waals surface area contributed by atoms with Gasteiger partial charge in [0.05, 0.1) is 17.9 Å². The number of carbonyl (C=O) groups is 3. The van der Waals surface area contributed by atoms with Gasteiger partial charge in [-0.25, -0.2) is 14.5 Å². The molecule has 0 saturated heterocycles. The zero-order chi connectivity index (χ0) is 26.1. The number of rotatable bonds is 5. The first-order valence-electron chi connectivity index (χ1n) is 11.0. The Labute approximate surface area is 218 Å². The lowest BCUT2D eigenvalue weighted by atomic mass is 10.0. The normalized spacial score (nSPS) is 14.7. The molecule has 0 fully saturated rings. The second kappa shape index (κ2) is 10.0. The first-order valence-corrected chi connectivity index (χ1v) is 12.2. The Morgan fingerprint density at radius 1 is 1.09 bits per heavy atom.